The van der Waals surface area contributed by atoms with Crippen molar-refractivity contribution >= 4 is 35.5 Å². The maximum Gasteiger partial charge on any atom is 0.328 e. The molecule has 0 fully saturated rings. The van der Waals surface area contributed by atoms with Crippen molar-refractivity contribution in [3.63, 3.8) is 0 Å². The maximum atomic E-state index is 11.9. The third-order valence-corrected chi connectivity index (χ3v) is 3.42. The fraction of sp³-hybridized carbons (Fsp3) is 0.667. The van der Waals surface area contributed by atoms with Crippen LogP contribution in [0.2, 0.25) is 0 Å². The Kier molecular flexibility index (Phi) is 9.94. The molecule has 0 saturated heterocycles. The van der Waals surface area contributed by atoms with Crippen LogP contribution >= 0.6 is 11.8 Å². The molecule has 0 aromatic rings. The molecule has 7 N–H and O–H groups in total. The van der Waals surface area contributed by atoms with Crippen molar-refractivity contribution in [3.8, 4) is 0 Å². The van der Waals surface area contributed by atoms with Crippen molar-refractivity contribution in [2.24, 2.45) is 5.73 Å². The van der Waals surface area contributed by atoms with Gasteiger partial charge in [0.25, 0.3) is 0 Å². The van der Waals surface area contributed by atoms with E-state index in [0.29, 0.717) is 12.2 Å². The number of rotatable bonds is 11. The van der Waals surface area contributed by atoms with Gasteiger partial charge in [-0.2, -0.15) is 11.8 Å². The first-order valence-corrected chi connectivity index (χ1v) is 8.03. The van der Waals surface area contributed by atoms with Crippen LogP contribution in [0.4, 0.5) is 0 Å². The van der Waals surface area contributed by atoms with E-state index in [1.807, 2.05) is 11.6 Å². The number of carbonyl (C=O) groups is 4. The number of aliphatic hydroxyl groups is 1. The molecule has 0 aromatic carbocycles. The first-order valence-electron chi connectivity index (χ1n) is 6.63. The van der Waals surface area contributed by atoms with Gasteiger partial charge in [0.1, 0.15) is 12.1 Å². The number of carbonyl (C=O) groups excluding carboxylic acids is 2. The highest BCUT2D eigenvalue weighted by molar-refractivity contribution is 7.98. The van der Waals surface area contributed by atoms with Crippen LogP contribution in [0.25, 0.3) is 0 Å². The third kappa shape index (κ3) is 8.38. The standard InChI is InChI=1S/C12H21N3O7S/c1-23-3-2-6(13)10(19)14-7(4-9(17)18)11(20)15-8(5-16)12(21)22/h6-8,16H,2-5,13H2,1H3,(H,14,19)(H,15,20)(H,17,18)(H,21,22)/t6-,7-,8-/m0/s1. The Hall–Kier alpha value is -1.85. The Morgan fingerprint density at radius 3 is 2.09 bits per heavy atom. The number of carboxylic acid groups (broad SMARTS) is 2. The zero-order chi connectivity index (χ0) is 18.0. The highest BCUT2D eigenvalue weighted by Crippen LogP contribution is 2.01. The van der Waals surface area contributed by atoms with E-state index < -0.39 is 54.9 Å². The van der Waals surface area contributed by atoms with Crippen molar-refractivity contribution in [1.29, 1.82) is 0 Å². The molecule has 2 amide bonds. The molecule has 0 aliphatic rings. The van der Waals surface area contributed by atoms with Crippen LogP contribution in [0.15, 0.2) is 0 Å². The van der Waals surface area contributed by atoms with E-state index in [-0.39, 0.29) is 0 Å². The van der Waals surface area contributed by atoms with Gasteiger partial charge >= 0.3 is 11.9 Å². The first-order chi connectivity index (χ1) is 10.7. The summed E-state index contributed by atoms with van der Waals surface area (Å²) in [6.45, 7) is -0.873. The van der Waals surface area contributed by atoms with Crippen LogP contribution in [0, 0.1) is 0 Å². The lowest BCUT2D eigenvalue weighted by Crippen LogP contribution is -2.55. The molecule has 0 aliphatic carbocycles. The number of carboxylic acids is 2. The summed E-state index contributed by atoms with van der Waals surface area (Å²) in [6.07, 6.45) is 1.42. The molecule has 0 unspecified atom stereocenters. The lowest BCUT2D eigenvalue weighted by Gasteiger charge is -2.21. The van der Waals surface area contributed by atoms with Crippen LogP contribution in [0.5, 0.6) is 0 Å². The van der Waals surface area contributed by atoms with Crippen LogP contribution in [-0.4, -0.2) is 75.8 Å². The molecule has 3 atom stereocenters. The summed E-state index contributed by atoms with van der Waals surface area (Å²) in [5, 5.41) is 30.5. The molecular weight excluding hydrogens is 330 g/mol. The number of thioether (sulfide) groups is 1. The summed E-state index contributed by atoms with van der Waals surface area (Å²) in [4.78, 5) is 45.3. The average molecular weight is 351 g/mol. The topological polar surface area (TPSA) is 179 Å². The van der Waals surface area contributed by atoms with Crippen molar-refractivity contribution in [3.05, 3.63) is 0 Å². The van der Waals surface area contributed by atoms with E-state index in [9.17, 15) is 19.2 Å². The highest BCUT2D eigenvalue weighted by atomic mass is 32.2. The molecule has 0 saturated carbocycles. The Balaban J connectivity index is 4.86. The maximum absolute atomic E-state index is 11.9. The minimum atomic E-state index is -1.60. The van der Waals surface area contributed by atoms with Gasteiger partial charge in [0, 0.05) is 0 Å². The summed E-state index contributed by atoms with van der Waals surface area (Å²) in [5.41, 5.74) is 5.62. The largest absolute Gasteiger partial charge is 0.481 e. The molecule has 11 heteroatoms. The normalized spacial score (nSPS) is 14.4. The van der Waals surface area contributed by atoms with Crippen LogP contribution in [0.3, 0.4) is 0 Å². The monoisotopic (exact) mass is 351 g/mol. The van der Waals surface area contributed by atoms with Gasteiger partial charge in [-0.05, 0) is 18.4 Å². The van der Waals surface area contributed by atoms with Gasteiger partial charge in [-0.15, -0.1) is 0 Å². The number of aliphatic carboxylic acids is 2. The zero-order valence-corrected chi connectivity index (χ0v) is 13.3. The second-order valence-corrected chi connectivity index (χ2v) is 5.61. The molecule has 0 spiro atoms. The summed E-state index contributed by atoms with van der Waals surface area (Å²) in [5.74, 6) is -3.98. The lowest BCUT2D eigenvalue weighted by molar-refractivity contribution is -0.144. The van der Waals surface area contributed by atoms with Gasteiger partial charge in [-0.25, -0.2) is 4.79 Å². The lowest BCUT2D eigenvalue weighted by atomic mass is 10.1. The Bertz CT molecular complexity index is 446. The van der Waals surface area contributed by atoms with Gasteiger partial charge in [0.15, 0.2) is 0 Å². The van der Waals surface area contributed by atoms with E-state index in [2.05, 4.69) is 5.32 Å². The summed E-state index contributed by atoms with van der Waals surface area (Å²) < 4.78 is 0. The van der Waals surface area contributed by atoms with E-state index in [0.717, 1.165) is 0 Å². The number of aliphatic hydroxyl groups excluding tert-OH is 1. The minimum absolute atomic E-state index is 0.336. The summed E-state index contributed by atoms with van der Waals surface area (Å²) in [6, 6.07) is -4.01. The fourth-order valence-electron chi connectivity index (χ4n) is 1.50. The van der Waals surface area contributed by atoms with Gasteiger partial charge < -0.3 is 31.7 Å². The Labute approximate surface area is 136 Å². The second-order valence-electron chi connectivity index (χ2n) is 4.63. The molecule has 132 valence electrons. The first kappa shape index (κ1) is 21.1. The zero-order valence-electron chi connectivity index (χ0n) is 12.5. The number of hydrogen-bond donors (Lipinski definition) is 6. The predicted molar refractivity (Wildman–Crippen MR) is 81.8 cm³/mol. The second kappa shape index (κ2) is 10.8. The predicted octanol–water partition coefficient (Wildman–Crippen LogP) is -2.41. The van der Waals surface area contributed by atoms with Gasteiger partial charge in [-0.3, -0.25) is 14.4 Å². The van der Waals surface area contributed by atoms with Crippen molar-refractivity contribution < 1.29 is 34.5 Å². The SMILES string of the molecule is CSCC[C@H](N)C(=O)N[C@@H](CC(=O)O)C(=O)N[C@@H](CO)C(=O)O. The highest BCUT2D eigenvalue weighted by Gasteiger charge is 2.29. The van der Waals surface area contributed by atoms with Crippen LogP contribution < -0.4 is 16.4 Å². The molecule has 23 heavy (non-hydrogen) atoms. The molecule has 0 bridgehead atoms. The number of hydrogen-bond acceptors (Lipinski definition) is 7. The molecule has 0 aliphatic heterocycles. The quantitative estimate of drug-likeness (QED) is 0.236. The molecule has 0 heterocycles. The van der Waals surface area contributed by atoms with Gasteiger partial charge in [0.05, 0.1) is 19.1 Å². The molecule has 10 nitrogen and oxygen atoms in total. The number of nitrogens with two attached hydrogens (primary N) is 1. The van der Waals surface area contributed by atoms with Crippen molar-refractivity contribution in [1.82, 2.24) is 10.6 Å². The van der Waals surface area contributed by atoms with Gasteiger partial charge in [0.2, 0.25) is 11.8 Å². The van der Waals surface area contributed by atoms with Gasteiger partial charge in [-0.1, -0.05) is 0 Å². The molecular formula is C12H21N3O7S. The average Bonchev–Trinajstić information content (AvgIpc) is 2.48. The molecule has 0 aromatic heterocycles. The summed E-state index contributed by atoms with van der Waals surface area (Å²) >= 11 is 1.47. The fourth-order valence-corrected chi connectivity index (χ4v) is 1.99. The van der Waals surface area contributed by atoms with Crippen molar-refractivity contribution in [2.75, 3.05) is 18.6 Å². The van der Waals surface area contributed by atoms with E-state index >= 15 is 0 Å². The van der Waals surface area contributed by atoms with E-state index in [4.69, 9.17) is 21.1 Å². The summed E-state index contributed by atoms with van der Waals surface area (Å²) in [7, 11) is 0. The van der Waals surface area contributed by atoms with E-state index in [1.54, 1.807) is 0 Å². The van der Waals surface area contributed by atoms with Crippen molar-refractivity contribution in [2.45, 2.75) is 31.0 Å². The minimum Gasteiger partial charge on any atom is -0.481 e. The smallest absolute Gasteiger partial charge is 0.328 e. The number of amides is 2. The third-order valence-electron chi connectivity index (χ3n) is 2.78. The van der Waals surface area contributed by atoms with Crippen LogP contribution in [-0.2, 0) is 19.2 Å². The Morgan fingerprint density at radius 1 is 1.09 bits per heavy atom. The van der Waals surface area contributed by atoms with Crippen LogP contribution in [0.1, 0.15) is 12.8 Å². The molecule has 0 rings (SSSR count). The van der Waals surface area contributed by atoms with E-state index in [1.165, 1.54) is 11.8 Å². The Morgan fingerprint density at radius 2 is 1.65 bits per heavy atom. The molecule has 0 radical (unpaired) electrons. The number of nitrogens with one attached hydrogen (secondary N) is 2.